The van der Waals surface area contributed by atoms with Gasteiger partial charge in [0, 0.05) is 2.74 Å². The lowest BCUT2D eigenvalue weighted by molar-refractivity contribution is 1.29. The molecule has 0 fully saturated rings. The molecule has 4 rings (SSSR count). The van der Waals surface area contributed by atoms with Gasteiger partial charge in [-0.05, 0) is 46.2 Å². The van der Waals surface area contributed by atoms with Crippen molar-refractivity contribution < 1.29 is 2.74 Å². The first-order valence-corrected chi connectivity index (χ1v) is 7.55. The molecule has 0 saturated carbocycles. The summed E-state index contributed by atoms with van der Waals surface area (Å²) in [4.78, 5) is 0. The minimum absolute atomic E-state index is 0.435. The molecular formula is C22H18. The van der Waals surface area contributed by atoms with Gasteiger partial charge >= 0.3 is 0 Å². The summed E-state index contributed by atoms with van der Waals surface area (Å²) in [5, 5.41) is 0. The van der Waals surface area contributed by atoms with E-state index in [0.717, 1.165) is 33.4 Å². The molecule has 2 atom stereocenters. The van der Waals surface area contributed by atoms with Crippen molar-refractivity contribution in [2.24, 2.45) is 0 Å². The summed E-state index contributed by atoms with van der Waals surface area (Å²) >= 11 is 0. The van der Waals surface area contributed by atoms with Crippen LogP contribution in [0, 0.1) is 0 Å². The predicted molar refractivity (Wildman–Crippen MR) is 93.5 cm³/mol. The molecule has 106 valence electrons. The molecule has 0 N–H and O–H groups in total. The molecule has 3 aromatic carbocycles. The van der Waals surface area contributed by atoms with Crippen LogP contribution in [0.25, 0.3) is 11.1 Å². The molecule has 22 heavy (non-hydrogen) atoms. The van der Waals surface area contributed by atoms with Crippen molar-refractivity contribution in [2.75, 3.05) is 0 Å². The first-order chi connectivity index (χ1) is 11.8. The smallest absolute Gasteiger partial charge is 0.0366 e. The van der Waals surface area contributed by atoms with E-state index in [4.69, 9.17) is 2.74 Å². The fraction of sp³-hybridized carbons (Fsp3) is 0.0909. The van der Waals surface area contributed by atoms with Gasteiger partial charge in [0.1, 0.15) is 0 Å². The second kappa shape index (κ2) is 5.65. The second-order valence-electron chi connectivity index (χ2n) is 5.48. The Hall–Kier alpha value is -2.60. The lowest BCUT2D eigenvalue weighted by Crippen LogP contribution is -1.91. The maximum absolute atomic E-state index is 8.87. The standard InChI is InChI=1S/C22H18/c1-3-9-17(10-4-1)15-22-20-14-8-7-13-19(20)16-21(22)18-11-5-2-6-12-18/h1-14H,15-16H2/i15D,16D. The van der Waals surface area contributed by atoms with Gasteiger partial charge in [-0.2, -0.15) is 0 Å². The highest BCUT2D eigenvalue weighted by Gasteiger charge is 2.21. The Morgan fingerprint density at radius 1 is 0.773 bits per heavy atom. The van der Waals surface area contributed by atoms with Gasteiger partial charge in [0.2, 0.25) is 0 Å². The topological polar surface area (TPSA) is 0 Å². The third-order valence-corrected chi connectivity index (χ3v) is 4.04. The van der Waals surface area contributed by atoms with Crippen molar-refractivity contribution in [2.45, 2.75) is 12.8 Å². The van der Waals surface area contributed by atoms with E-state index in [0.29, 0.717) is 0 Å². The van der Waals surface area contributed by atoms with Crippen LogP contribution in [-0.4, -0.2) is 0 Å². The Labute approximate surface area is 134 Å². The summed E-state index contributed by atoms with van der Waals surface area (Å²) in [5.41, 5.74) is 5.96. The Kier molecular flexibility index (Phi) is 2.83. The van der Waals surface area contributed by atoms with Gasteiger partial charge in [-0.25, -0.2) is 0 Å². The summed E-state index contributed by atoms with van der Waals surface area (Å²) in [7, 11) is 0. The van der Waals surface area contributed by atoms with Gasteiger partial charge in [-0.15, -0.1) is 0 Å². The Morgan fingerprint density at radius 2 is 1.41 bits per heavy atom. The maximum atomic E-state index is 8.87. The summed E-state index contributed by atoms with van der Waals surface area (Å²) in [6, 6.07) is 28.0. The van der Waals surface area contributed by atoms with Crippen molar-refractivity contribution in [1.82, 2.24) is 0 Å². The fourth-order valence-electron chi connectivity index (χ4n) is 2.97. The summed E-state index contributed by atoms with van der Waals surface area (Å²) < 4.78 is 17.6. The largest absolute Gasteiger partial charge is 0.0622 e. The molecular weight excluding hydrogens is 264 g/mol. The normalized spacial score (nSPS) is 19.4. The van der Waals surface area contributed by atoms with Crippen LogP contribution in [0.4, 0.5) is 0 Å². The van der Waals surface area contributed by atoms with Crippen LogP contribution in [0.5, 0.6) is 0 Å². The lowest BCUT2D eigenvalue weighted by atomic mass is 9.95. The van der Waals surface area contributed by atoms with Crippen molar-refractivity contribution in [3.05, 3.63) is 107 Å². The van der Waals surface area contributed by atoms with Crippen LogP contribution < -0.4 is 0 Å². The number of rotatable bonds is 3. The molecule has 0 bridgehead atoms. The average Bonchev–Trinajstić information content (AvgIpc) is 2.95. The number of hydrogen-bond acceptors (Lipinski definition) is 0. The molecule has 0 amide bonds. The van der Waals surface area contributed by atoms with E-state index in [9.17, 15) is 0 Å². The summed E-state index contributed by atoms with van der Waals surface area (Å²) in [6.45, 7) is 0. The number of benzene rings is 3. The summed E-state index contributed by atoms with van der Waals surface area (Å²) in [5.74, 6) is 0. The Morgan fingerprint density at radius 3 is 2.18 bits per heavy atom. The van der Waals surface area contributed by atoms with Crippen LogP contribution >= 0.6 is 0 Å². The van der Waals surface area contributed by atoms with Crippen LogP contribution in [0.15, 0.2) is 84.9 Å². The van der Waals surface area contributed by atoms with Gasteiger partial charge in [0.25, 0.3) is 0 Å². The van der Waals surface area contributed by atoms with Gasteiger partial charge < -0.3 is 0 Å². The quantitative estimate of drug-likeness (QED) is 0.604. The molecule has 1 aliphatic carbocycles. The van der Waals surface area contributed by atoms with Gasteiger partial charge in [0.05, 0.1) is 0 Å². The zero-order valence-electron chi connectivity index (χ0n) is 14.2. The predicted octanol–water partition coefficient (Wildman–Crippen LogP) is 5.40. The molecule has 0 radical (unpaired) electrons. The zero-order valence-corrected chi connectivity index (χ0v) is 12.2. The molecule has 3 aromatic rings. The van der Waals surface area contributed by atoms with E-state index in [-0.39, 0.29) is 0 Å². The van der Waals surface area contributed by atoms with E-state index in [1.165, 1.54) is 0 Å². The Bertz CT molecular complexity index is 882. The first-order valence-electron chi connectivity index (χ1n) is 8.71. The number of allylic oxidation sites excluding steroid dienone is 2. The van der Waals surface area contributed by atoms with Crippen molar-refractivity contribution in [3.8, 4) is 0 Å². The fourth-order valence-corrected chi connectivity index (χ4v) is 2.97. The van der Waals surface area contributed by atoms with E-state index in [2.05, 4.69) is 0 Å². The molecule has 0 saturated heterocycles. The first kappa shape index (κ1) is 11.0. The minimum atomic E-state index is -0.488. The maximum Gasteiger partial charge on any atom is 0.0366 e. The second-order valence-corrected chi connectivity index (χ2v) is 5.48. The minimum Gasteiger partial charge on any atom is -0.0622 e. The molecule has 0 heterocycles. The number of hydrogen-bond donors (Lipinski definition) is 0. The van der Waals surface area contributed by atoms with Gasteiger partial charge in [-0.1, -0.05) is 84.9 Å². The third-order valence-electron chi connectivity index (χ3n) is 4.04. The van der Waals surface area contributed by atoms with E-state index in [1.807, 2.05) is 84.9 Å². The number of fused-ring (bicyclic) bond motifs is 1. The van der Waals surface area contributed by atoms with E-state index in [1.54, 1.807) is 0 Å². The lowest BCUT2D eigenvalue weighted by Gasteiger charge is -2.09. The summed E-state index contributed by atoms with van der Waals surface area (Å²) in [6.07, 6.45) is -0.923. The zero-order chi connectivity index (χ0) is 16.5. The molecule has 0 aliphatic heterocycles. The van der Waals surface area contributed by atoms with E-state index < -0.39 is 12.8 Å². The van der Waals surface area contributed by atoms with E-state index >= 15 is 0 Å². The van der Waals surface area contributed by atoms with Gasteiger partial charge in [-0.3, -0.25) is 0 Å². The Balaban J connectivity index is 1.94. The molecule has 0 spiro atoms. The highest BCUT2D eigenvalue weighted by molar-refractivity contribution is 5.97. The molecule has 1 aliphatic rings. The highest BCUT2D eigenvalue weighted by Crippen LogP contribution is 2.39. The third kappa shape index (κ3) is 2.37. The van der Waals surface area contributed by atoms with Gasteiger partial charge in [0.15, 0.2) is 0 Å². The monoisotopic (exact) mass is 284 g/mol. The molecule has 0 nitrogen and oxygen atoms in total. The average molecular weight is 284 g/mol. The van der Waals surface area contributed by atoms with Crippen molar-refractivity contribution >= 4 is 11.1 Å². The molecule has 0 heteroatoms. The van der Waals surface area contributed by atoms with Crippen LogP contribution in [-0.2, 0) is 12.8 Å². The van der Waals surface area contributed by atoms with Crippen LogP contribution in [0.1, 0.15) is 25.0 Å². The highest BCUT2D eigenvalue weighted by atomic mass is 14.3. The molecule has 0 aromatic heterocycles. The van der Waals surface area contributed by atoms with Crippen molar-refractivity contribution in [3.63, 3.8) is 0 Å². The molecule has 2 unspecified atom stereocenters. The van der Waals surface area contributed by atoms with Crippen molar-refractivity contribution in [1.29, 1.82) is 0 Å². The SMILES string of the molecule is [2H]C(C1=C(c2ccccc2)C([2H])c2ccccc21)c1ccccc1. The van der Waals surface area contributed by atoms with Crippen LogP contribution in [0.2, 0.25) is 0 Å². The van der Waals surface area contributed by atoms with Crippen LogP contribution in [0.3, 0.4) is 0 Å².